The van der Waals surface area contributed by atoms with Gasteiger partial charge in [0.05, 0.1) is 4.92 Å². The Morgan fingerprint density at radius 3 is 2.26 bits per heavy atom. The lowest BCUT2D eigenvalue weighted by molar-refractivity contribution is -0.384. The van der Waals surface area contributed by atoms with Crippen molar-refractivity contribution in [2.45, 2.75) is 6.54 Å². The minimum absolute atomic E-state index is 0.126. The van der Waals surface area contributed by atoms with Crippen LogP contribution in [0.4, 0.5) is 11.5 Å². The first-order valence-corrected chi connectivity index (χ1v) is 10.9. The van der Waals surface area contributed by atoms with Crippen molar-refractivity contribution in [1.29, 1.82) is 0 Å². The number of hydrogen-bond donors (Lipinski definition) is 0. The maximum atomic E-state index is 13.1. The Labute approximate surface area is 195 Å². The zero-order valence-electron chi connectivity index (χ0n) is 19.0. The highest BCUT2D eigenvalue weighted by Crippen LogP contribution is 2.23. The van der Waals surface area contributed by atoms with Crippen molar-refractivity contribution >= 4 is 17.3 Å². The van der Waals surface area contributed by atoms with Crippen LogP contribution in [0.5, 0.6) is 0 Å². The Bertz CT molecular complexity index is 1350. The normalized spacial score (nSPS) is 14.2. The molecular weight excluding hydrogens is 438 g/mol. The Balaban J connectivity index is 1.54. The molecule has 4 rings (SSSR count). The van der Waals surface area contributed by atoms with Gasteiger partial charge in [0.1, 0.15) is 5.82 Å². The summed E-state index contributed by atoms with van der Waals surface area (Å²) in [4.78, 5) is 52.4. The number of carbonyl (C=O) groups excluding carboxylic acids is 1. The number of benzene rings is 2. The molecule has 10 heteroatoms. The molecule has 0 atom stereocenters. The van der Waals surface area contributed by atoms with Gasteiger partial charge in [-0.05, 0) is 5.56 Å². The van der Waals surface area contributed by atoms with Gasteiger partial charge in [-0.1, -0.05) is 36.4 Å². The zero-order chi connectivity index (χ0) is 24.4. The molecule has 0 aliphatic carbocycles. The van der Waals surface area contributed by atoms with Crippen molar-refractivity contribution in [3.05, 3.63) is 102 Å². The number of nitro benzene ring substituents is 1. The van der Waals surface area contributed by atoms with Crippen molar-refractivity contribution in [2.24, 2.45) is 14.1 Å². The number of nitro groups is 1. The molecule has 2 heterocycles. The SMILES string of the molecule is Cn1c(N2CCN(Cc3ccc([N+](=O)[O-])cc3C(=O)c3ccccc3)CC2)cc(=O)n(C)c1=O. The molecule has 0 radical (unpaired) electrons. The van der Waals surface area contributed by atoms with Crippen LogP contribution < -0.4 is 16.1 Å². The van der Waals surface area contributed by atoms with Crippen LogP contribution in [0.3, 0.4) is 0 Å². The lowest BCUT2D eigenvalue weighted by atomic mass is 9.97. The number of rotatable bonds is 6. The van der Waals surface area contributed by atoms with E-state index in [-0.39, 0.29) is 22.7 Å². The first-order valence-electron chi connectivity index (χ1n) is 10.9. The third-order valence-electron chi connectivity index (χ3n) is 6.18. The van der Waals surface area contributed by atoms with E-state index in [4.69, 9.17) is 0 Å². The first kappa shape index (κ1) is 23.1. The van der Waals surface area contributed by atoms with E-state index in [1.807, 2.05) is 11.0 Å². The van der Waals surface area contributed by atoms with Crippen LogP contribution in [-0.2, 0) is 20.6 Å². The van der Waals surface area contributed by atoms with E-state index in [1.165, 1.54) is 29.8 Å². The number of carbonyl (C=O) groups is 1. The van der Waals surface area contributed by atoms with E-state index < -0.39 is 4.92 Å². The maximum Gasteiger partial charge on any atom is 0.332 e. The summed E-state index contributed by atoms with van der Waals surface area (Å²) in [6.45, 7) is 2.92. The second kappa shape index (κ2) is 9.44. The molecule has 10 nitrogen and oxygen atoms in total. The molecule has 0 unspecified atom stereocenters. The summed E-state index contributed by atoms with van der Waals surface area (Å²) in [5.74, 6) is 0.316. The van der Waals surface area contributed by atoms with Gasteiger partial charge in [0.15, 0.2) is 5.78 Å². The van der Waals surface area contributed by atoms with Crippen LogP contribution >= 0.6 is 0 Å². The minimum Gasteiger partial charge on any atom is -0.355 e. The molecule has 3 aromatic rings. The number of non-ortho nitro benzene ring substituents is 1. The fraction of sp³-hybridized carbons (Fsp3) is 0.292. The van der Waals surface area contributed by atoms with Crippen molar-refractivity contribution in [3.8, 4) is 0 Å². The van der Waals surface area contributed by atoms with Gasteiger partial charge in [-0.15, -0.1) is 0 Å². The van der Waals surface area contributed by atoms with E-state index >= 15 is 0 Å². The molecule has 0 N–H and O–H groups in total. The number of hydrogen-bond acceptors (Lipinski definition) is 7. The number of nitrogens with zero attached hydrogens (tertiary/aromatic N) is 5. The zero-order valence-corrected chi connectivity index (χ0v) is 19.0. The largest absolute Gasteiger partial charge is 0.355 e. The Kier molecular flexibility index (Phi) is 6.42. The van der Waals surface area contributed by atoms with E-state index in [0.29, 0.717) is 55.2 Å². The predicted octanol–water partition coefficient (Wildman–Crippen LogP) is 1.55. The summed E-state index contributed by atoms with van der Waals surface area (Å²) in [6, 6.07) is 14.6. The molecule has 0 amide bonds. The van der Waals surface area contributed by atoms with Crippen LogP contribution in [0, 0.1) is 10.1 Å². The van der Waals surface area contributed by atoms with Gasteiger partial charge in [0.25, 0.3) is 11.2 Å². The van der Waals surface area contributed by atoms with Crippen LogP contribution in [0.25, 0.3) is 0 Å². The second-order valence-electron chi connectivity index (χ2n) is 8.30. The highest BCUT2D eigenvalue weighted by molar-refractivity contribution is 6.10. The molecule has 176 valence electrons. The van der Waals surface area contributed by atoms with Gasteiger partial charge in [-0.25, -0.2) is 4.79 Å². The number of aromatic nitrogens is 2. The lowest BCUT2D eigenvalue weighted by Crippen LogP contribution is -2.49. The summed E-state index contributed by atoms with van der Waals surface area (Å²) in [5.41, 5.74) is 0.654. The van der Waals surface area contributed by atoms with Gasteiger partial charge in [0, 0.05) is 76.1 Å². The molecule has 34 heavy (non-hydrogen) atoms. The van der Waals surface area contributed by atoms with Crippen molar-refractivity contribution in [2.75, 3.05) is 31.1 Å². The average molecular weight is 463 g/mol. The van der Waals surface area contributed by atoms with E-state index in [1.54, 1.807) is 37.4 Å². The van der Waals surface area contributed by atoms with Crippen LogP contribution in [0.1, 0.15) is 21.5 Å². The van der Waals surface area contributed by atoms with E-state index in [2.05, 4.69) is 4.90 Å². The number of ketones is 1. The van der Waals surface area contributed by atoms with Crippen molar-refractivity contribution in [1.82, 2.24) is 14.0 Å². The average Bonchev–Trinajstić information content (AvgIpc) is 2.85. The molecule has 0 spiro atoms. The second-order valence-corrected chi connectivity index (χ2v) is 8.30. The lowest BCUT2D eigenvalue weighted by Gasteiger charge is -2.36. The summed E-state index contributed by atoms with van der Waals surface area (Å²) in [7, 11) is 3.09. The molecule has 1 aromatic heterocycles. The summed E-state index contributed by atoms with van der Waals surface area (Å²) < 4.78 is 2.53. The van der Waals surface area contributed by atoms with Crippen LogP contribution in [-0.4, -0.2) is 50.9 Å². The summed E-state index contributed by atoms with van der Waals surface area (Å²) >= 11 is 0. The van der Waals surface area contributed by atoms with E-state index in [9.17, 15) is 24.5 Å². The van der Waals surface area contributed by atoms with Gasteiger partial charge >= 0.3 is 5.69 Å². The molecular formula is C24H25N5O5. The highest BCUT2D eigenvalue weighted by Gasteiger charge is 2.23. The van der Waals surface area contributed by atoms with Crippen LogP contribution in [0.15, 0.2) is 64.2 Å². The monoisotopic (exact) mass is 463 g/mol. The standard InChI is InChI=1S/C24H25N5O5/c1-25-21(15-22(30)26(2)24(25)32)28-12-10-27(11-13-28)16-18-8-9-19(29(33)34)14-20(18)23(31)17-6-4-3-5-7-17/h3-9,14-15H,10-13,16H2,1-2H3. The third-order valence-corrected chi connectivity index (χ3v) is 6.18. The molecule has 0 saturated carbocycles. The molecule has 0 bridgehead atoms. The quantitative estimate of drug-likeness (QED) is 0.310. The topological polar surface area (TPSA) is 111 Å². The van der Waals surface area contributed by atoms with Gasteiger partial charge in [0.2, 0.25) is 0 Å². The third kappa shape index (κ3) is 4.53. The van der Waals surface area contributed by atoms with Gasteiger partial charge in [-0.3, -0.25) is 33.7 Å². The van der Waals surface area contributed by atoms with E-state index in [0.717, 1.165) is 4.57 Å². The maximum absolute atomic E-state index is 13.1. The summed E-state index contributed by atoms with van der Waals surface area (Å²) in [6.07, 6.45) is 0. The molecule has 2 aromatic carbocycles. The Hall–Kier alpha value is -4.05. The molecule has 1 aliphatic rings. The van der Waals surface area contributed by atoms with Crippen molar-refractivity contribution in [3.63, 3.8) is 0 Å². The first-order chi connectivity index (χ1) is 16.3. The Morgan fingerprint density at radius 2 is 1.62 bits per heavy atom. The van der Waals surface area contributed by atoms with Crippen LogP contribution in [0.2, 0.25) is 0 Å². The van der Waals surface area contributed by atoms with Gasteiger partial charge in [-0.2, -0.15) is 0 Å². The molecule has 1 fully saturated rings. The smallest absolute Gasteiger partial charge is 0.332 e. The number of piperazine rings is 1. The Morgan fingerprint density at radius 1 is 0.941 bits per heavy atom. The number of anilines is 1. The minimum atomic E-state index is -0.501. The highest BCUT2D eigenvalue weighted by atomic mass is 16.6. The van der Waals surface area contributed by atoms with Gasteiger partial charge < -0.3 is 4.90 Å². The molecule has 1 saturated heterocycles. The predicted molar refractivity (Wildman–Crippen MR) is 127 cm³/mol. The fourth-order valence-corrected chi connectivity index (χ4v) is 4.17. The molecule has 1 aliphatic heterocycles. The summed E-state index contributed by atoms with van der Waals surface area (Å²) in [5, 5.41) is 11.3. The van der Waals surface area contributed by atoms with Crippen molar-refractivity contribution < 1.29 is 9.72 Å². The fourth-order valence-electron chi connectivity index (χ4n) is 4.17.